The Bertz CT molecular complexity index is 1460. The number of rotatable bonds is 8. The zero-order valence-corrected chi connectivity index (χ0v) is 18.3. The summed E-state index contributed by atoms with van der Waals surface area (Å²) in [6.07, 6.45) is -1.34. The summed E-state index contributed by atoms with van der Waals surface area (Å²) in [5.41, 5.74) is 5.59. The average molecular weight is 515 g/mol. The van der Waals surface area contributed by atoms with Crippen LogP contribution in [0.3, 0.4) is 0 Å². The van der Waals surface area contributed by atoms with Crippen LogP contribution in [0.4, 0.5) is 43.0 Å². The topological polar surface area (TPSA) is 209 Å². The van der Waals surface area contributed by atoms with Gasteiger partial charge in [0.25, 0.3) is 20.2 Å². The molecule has 0 fully saturated rings. The Labute approximate surface area is 191 Å². The van der Waals surface area contributed by atoms with Gasteiger partial charge in [0.15, 0.2) is 0 Å². The smallest absolute Gasteiger partial charge is 0.313 e. The van der Waals surface area contributed by atoms with Gasteiger partial charge in [-0.15, -0.1) is 10.2 Å². The lowest BCUT2D eigenvalue weighted by atomic mass is 10.2. The second kappa shape index (κ2) is 9.59. The molecule has 17 heteroatoms. The molecule has 1 aromatic heterocycles. The fraction of sp³-hybridized carbons (Fsp3) is 0.0588. The summed E-state index contributed by atoms with van der Waals surface area (Å²) in [4.78, 5) is 5.54. The van der Waals surface area contributed by atoms with E-state index < -0.39 is 43.0 Å². The van der Waals surface area contributed by atoms with Gasteiger partial charge >= 0.3 is 6.08 Å². The quantitative estimate of drug-likeness (QED) is 0.0967. The van der Waals surface area contributed by atoms with E-state index in [0.29, 0.717) is 0 Å². The van der Waals surface area contributed by atoms with E-state index in [1.54, 1.807) is 0 Å². The third-order valence-electron chi connectivity index (χ3n) is 3.91. The van der Waals surface area contributed by atoms with Crippen LogP contribution in [0.15, 0.2) is 57.6 Å². The Balaban J connectivity index is 2.00. The summed E-state index contributed by atoms with van der Waals surface area (Å²) in [6, 6.07) is 8.01. The fourth-order valence-electron chi connectivity index (χ4n) is 2.55. The molecule has 6 N–H and O–H groups in total. The summed E-state index contributed by atoms with van der Waals surface area (Å²) in [5.74, 6) is -2.32. The van der Waals surface area contributed by atoms with Crippen molar-refractivity contribution in [1.82, 2.24) is 9.97 Å². The summed E-state index contributed by atoms with van der Waals surface area (Å²) >= 11 is 0. The number of azo groups is 1. The molecule has 0 saturated heterocycles. The first-order valence-corrected chi connectivity index (χ1v) is 11.9. The van der Waals surface area contributed by atoms with Gasteiger partial charge in [0.2, 0.25) is 5.95 Å². The van der Waals surface area contributed by atoms with Gasteiger partial charge in [0.05, 0.1) is 5.69 Å². The first kappa shape index (κ1) is 24.8. The molecule has 3 rings (SSSR count). The van der Waals surface area contributed by atoms with Crippen molar-refractivity contribution < 1.29 is 34.7 Å². The molecule has 0 atom stereocenters. The molecule has 0 amide bonds. The third-order valence-corrected chi connectivity index (χ3v) is 5.32. The average Bonchev–Trinajstić information content (AvgIpc) is 2.69. The van der Waals surface area contributed by atoms with Gasteiger partial charge in [-0.3, -0.25) is 9.11 Å². The van der Waals surface area contributed by atoms with E-state index in [0.717, 1.165) is 18.2 Å². The van der Waals surface area contributed by atoms with Crippen LogP contribution in [0.1, 0.15) is 0 Å². The maximum atomic E-state index is 13.3. The molecule has 0 aliphatic rings. The number of benzene rings is 2. The fourth-order valence-corrected chi connectivity index (χ4v) is 3.49. The van der Waals surface area contributed by atoms with Gasteiger partial charge in [0, 0.05) is 17.4 Å². The first-order chi connectivity index (χ1) is 15.8. The maximum Gasteiger partial charge on any atom is 0.313 e. The Morgan fingerprint density at radius 1 is 0.941 bits per heavy atom. The standard InChI is InChI=1S/C17H15F2N7O6S2/c18-15-7-16(24-17(19)23-15)22-10-2-4-14(34(30,31)32)13(6-10)26-25-11-3-1-9(20)5-12(11)21-8-33(27,28)29/h1-7,21H,8,20H2,(H,22,23,24)(H,27,28,29)(H,30,31,32). The van der Waals surface area contributed by atoms with Gasteiger partial charge in [-0.1, -0.05) is 0 Å². The third kappa shape index (κ3) is 6.85. The predicted octanol–water partition coefficient (Wildman–Crippen LogP) is 3.00. The Morgan fingerprint density at radius 3 is 2.29 bits per heavy atom. The normalized spacial score (nSPS) is 12.1. The molecular formula is C17H15F2N7O6S2. The van der Waals surface area contributed by atoms with E-state index >= 15 is 0 Å². The minimum atomic E-state index is -4.76. The summed E-state index contributed by atoms with van der Waals surface area (Å²) in [7, 11) is -9.16. The number of nitrogen functional groups attached to an aromatic ring is 1. The second-order valence-electron chi connectivity index (χ2n) is 6.51. The molecule has 34 heavy (non-hydrogen) atoms. The molecule has 0 saturated carbocycles. The van der Waals surface area contributed by atoms with Crippen molar-refractivity contribution in [3.05, 3.63) is 54.5 Å². The number of hydrogen-bond acceptors (Lipinski definition) is 11. The van der Waals surface area contributed by atoms with Crippen molar-refractivity contribution in [3.8, 4) is 0 Å². The highest BCUT2D eigenvalue weighted by molar-refractivity contribution is 7.86. The van der Waals surface area contributed by atoms with Crippen LogP contribution in [-0.2, 0) is 20.2 Å². The molecule has 2 aromatic carbocycles. The van der Waals surface area contributed by atoms with Gasteiger partial charge in [-0.25, -0.2) is 0 Å². The van der Waals surface area contributed by atoms with Gasteiger partial charge in [-0.2, -0.15) is 35.6 Å². The molecule has 0 spiro atoms. The summed E-state index contributed by atoms with van der Waals surface area (Å²) in [5, 5.41) is 12.6. The number of nitrogens with zero attached hydrogens (tertiary/aromatic N) is 4. The number of nitrogens with two attached hydrogens (primary N) is 1. The predicted molar refractivity (Wildman–Crippen MR) is 117 cm³/mol. The molecule has 0 aliphatic carbocycles. The number of halogens is 2. The molecule has 0 radical (unpaired) electrons. The highest BCUT2D eigenvalue weighted by Gasteiger charge is 2.17. The number of nitrogens with one attached hydrogen (secondary N) is 2. The van der Waals surface area contributed by atoms with E-state index in [4.69, 9.17) is 10.3 Å². The van der Waals surface area contributed by atoms with Crippen LogP contribution in [0.2, 0.25) is 0 Å². The van der Waals surface area contributed by atoms with Crippen LogP contribution in [-0.4, -0.2) is 41.8 Å². The molecule has 180 valence electrons. The Kier molecular flexibility index (Phi) is 7.01. The minimum Gasteiger partial charge on any atom is -0.399 e. The molecule has 0 aliphatic heterocycles. The molecule has 0 unspecified atom stereocenters. The minimum absolute atomic E-state index is 0.00237. The van der Waals surface area contributed by atoms with E-state index in [-0.39, 0.29) is 34.3 Å². The van der Waals surface area contributed by atoms with Crippen molar-refractivity contribution in [2.45, 2.75) is 4.90 Å². The SMILES string of the molecule is Nc1ccc(N=Nc2cc(Nc3cc(F)nc(F)n3)ccc2S(=O)(=O)O)c(NCS(=O)(=O)O)c1. The lowest BCUT2D eigenvalue weighted by molar-refractivity contribution is 0.482. The van der Waals surface area contributed by atoms with Gasteiger partial charge < -0.3 is 16.4 Å². The van der Waals surface area contributed by atoms with E-state index in [1.165, 1.54) is 24.3 Å². The zero-order chi connectivity index (χ0) is 25.1. The van der Waals surface area contributed by atoms with Crippen molar-refractivity contribution in [2.24, 2.45) is 10.2 Å². The van der Waals surface area contributed by atoms with E-state index in [9.17, 15) is 30.2 Å². The Hall–Kier alpha value is -3.80. The van der Waals surface area contributed by atoms with Crippen molar-refractivity contribution >= 4 is 54.5 Å². The molecule has 13 nitrogen and oxygen atoms in total. The van der Waals surface area contributed by atoms with Crippen LogP contribution >= 0.6 is 0 Å². The van der Waals surface area contributed by atoms with E-state index in [2.05, 4.69) is 30.8 Å². The molecule has 3 aromatic rings. The van der Waals surface area contributed by atoms with Crippen molar-refractivity contribution in [2.75, 3.05) is 22.2 Å². The van der Waals surface area contributed by atoms with Crippen molar-refractivity contribution in [1.29, 1.82) is 0 Å². The van der Waals surface area contributed by atoms with E-state index in [1.807, 2.05) is 0 Å². The van der Waals surface area contributed by atoms with Gasteiger partial charge in [0.1, 0.15) is 28.0 Å². The first-order valence-electron chi connectivity index (χ1n) is 8.89. The largest absolute Gasteiger partial charge is 0.399 e. The zero-order valence-electron chi connectivity index (χ0n) is 16.7. The summed E-state index contributed by atoms with van der Waals surface area (Å²) < 4.78 is 90.4. The lowest BCUT2D eigenvalue weighted by Crippen LogP contribution is -2.13. The molecule has 1 heterocycles. The van der Waals surface area contributed by atoms with Crippen LogP contribution in [0, 0.1) is 12.0 Å². The van der Waals surface area contributed by atoms with Crippen LogP contribution < -0.4 is 16.4 Å². The highest BCUT2D eigenvalue weighted by atomic mass is 32.2. The maximum absolute atomic E-state index is 13.3. The number of anilines is 4. The van der Waals surface area contributed by atoms with Crippen LogP contribution in [0.5, 0.6) is 0 Å². The molecule has 0 bridgehead atoms. The second-order valence-corrected chi connectivity index (χ2v) is 9.35. The number of hydrogen-bond donors (Lipinski definition) is 5. The monoisotopic (exact) mass is 515 g/mol. The van der Waals surface area contributed by atoms with Crippen molar-refractivity contribution in [3.63, 3.8) is 0 Å². The lowest BCUT2D eigenvalue weighted by Gasteiger charge is -2.10. The Morgan fingerprint density at radius 2 is 1.65 bits per heavy atom. The van der Waals surface area contributed by atoms with Crippen LogP contribution in [0.25, 0.3) is 0 Å². The van der Waals surface area contributed by atoms with Gasteiger partial charge in [-0.05, 0) is 36.4 Å². The molecular weight excluding hydrogens is 500 g/mol. The highest BCUT2D eigenvalue weighted by Crippen LogP contribution is 2.33. The number of aromatic nitrogens is 2. The summed E-state index contributed by atoms with van der Waals surface area (Å²) in [6.45, 7) is 0.